The van der Waals surface area contributed by atoms with Crippen LogP contribution in [0.4, 0.5) is 10.1 Å². The smallest absolute Gasteiger partial charge is 0.272 e. The van der Waals surface area contributed by atoms with Crippen molar-refractivity contribution in [2.45, 2.75) is 70.9 Å². The number of likely N-dealkylation sites (N-methyl/N-ethyl adjacent to an activating group) is 1. The predicted molar refractivity (Wildman–Crippen MR) is 179 cm³/mol. The van der Waals surface area contributed by atoms with E-state index in [4.69, 9.17) is 0 Å². The molecule has 13 heteroatoms. The Kier molecular flexibility index (Phi) is 11.4. The first-order valence-corrected chi connectivity index (χ1v) is 17.0. The molecule has 3 aromatic rings. The molecule has 0 bridgehead atoms. The van der Waals surface area contributed by atoms with Gasteiger partial charge in [0.15, 0.2) is 5.78 Å². The number of anilines is 1. The molecule has 1 aliphatic heterocycles. The summed E-state index contributed by atoms with van der Waals surface area (Å²) < 4.78 is 18.9. The number of hydrogen-bond acceptors (Lipinski definition) is 7. The van der Waals surface area contributed by atoms with Gasteiger partial charge in [-0.2, -0.15) is 10.2 Å². The average Bonchev–Trinajstić information content (AvgIpc) is 3.76. The van der Waals surface area contributed by atoms with Crippen LogP contribution in [0.2, 0.25) is 0 Å². The lowest BCUT2D eigenvalue weighted by atomic mass is 9.77. The number of carbonyl (C=O) groups excluding carboxylic acids is 4. The first-order chi connectivity index (χ1) is 23.0. The van der Waals surface area contributed by atoms with Crippen LogP contribution >= 0.6 is 0 Å². The van der Waals surface area contributed by atoms with E-state index in [0.717, 1.165) is 32.1 Å². The van der Waals surface area contributed by atoms with Crippen molar-refractivity contribution >= 4 is 29.2 Å². The van der Waals surface area contributed by atoms with E-state index >= 15 is 4.39 Å². The molecule has 0 unspecified atom stereocenters. The number of rotatable bonds is 12. The summed E-state index contributed by atoms with van der Waals surface area (Å²) in [6.45, 7) is 6.67. The zero-order chi connectivity index (χ0) is 34.4. The van der Waals surface area contributed by atoms with Gasteiger partial charge in [0.2, 0.25) is 11.8 Å². The van der Waals surface area contributed by atoms with Crippen molar-refractivity contribution < 1.29 is 23.6 Å². The minimum absolute atomic E-state index is 0.00211. The van der Waals surface area contributed by atoms with E-state index in [0.29, 0.717) is 44.0 Å². The highest BCUT2D eigenvalue weighted by Gasteiger charge is 2.35. The zero-order valence-corrected chi connectivity index (χ0v) is 28.3. The zero-order valence-electron chi connectivity index (χ0n) is 28.3. The standard InChI is InChI=1S/C35H47FN8O4/c1-5-44-30(13-15-37-44)31(45)22-26(24-9-7-6-8-10-24)33(46)38-28-12-11-25(21-27(28)36)23(2)32(35(48)43-19-17-41(3)18-20-43)39-34(47)29-14-16-42(4)40-29/h11-16,21,23-24,26,32H,5-10,17-20,22H2,1-4H3,(H,38,46)(H,39,47)/t23-,26-,32+/m0/s1. The first-order valence-electron chi connectivity index (χ1n) is 17.0. The van der Waals surface area contributed by atoms with Crippen LogP contribution < -0.4 is 10.6 Å². The van der Waals surface area contributed by atoms with Gasteiger partial charge in [0.05, 0.1) is 5.69 Å². The molecule has 2 fully saturated rings. The second-order valence-corrected chi connectivity index (χ2v) is 13.1. The van der Waals surface area contributed by atoms with Gasteiger partial charge in [-0.25, -0.2) is 4.39 Å². The maximum atomic E-state index is 15.8. The van der Waals surface area contributed by atoms with Crippen LogP contribution in [0.3, 0.4) is 0 Å². The Morgan fingerprint density at radius 2 is 1.73 bits per heavy atom. The molecule has 3 atom stereocenters. The maximum absolute atomic E-state index is 15.8. The quantitative estimate of drug-likeness (QED) is 0.282. The van der Waals surface area contributed by atoms with Gasteiger partial charge in [0.25, 0.3) is 5.91 Å². The largest absolute Gasteiger partial charge is 0.338 e. The Balaban J connectivity index is 1.34. The molecule has 2 N–H and O–H groups in total. The molecule has 258 valence electrons. The topological polar surface area (TPSA) is 134 Å². The third kappa shape index (κ3) is 8.18. The van der Waals surface area contributed by atoms with Crippen LogP contribution in [0.1, 0.15) is 84.8 Å². The average molecular weight is 663 g/mol. The summed E-state index contributed by atoms with van der Waals surface area (Å²) >= 11 is 0. The van der Waals surface area contributed by atoms with Crippen LogP contribution in [0, 0.1) is 17.7 Å². The van der Waals surface area contributed by atoms with Gasteiger partial charge in [0, 0.05) is 70.4 Å². The second kappa shape index (κ2) is 15.7. The van der Waals surface area contributed by atoms with Crippen molar-refractivity contribution in [3.05, 3.63) is 65.5 Å². The number of amides is 3. The molecule has 1 saturated carbocycles. The highest BCUT2D eigenvalue weighted by molar-refractivity contribution is 6.00. The number of aryl methyl sites for hydroxylation is 2. The highest BCUT2D eigenvalue weighted by atomic mass is 19.1. The Bertz CT molecular complexity index is 1600. The third-order valence-corrected chi connectivity index (χ3v) is 9.85. The highest BCUT2D eigenvalue weighted by Crippen LogP contribution is 2.34. The van der Waals surface area contributed by atoms with Crippen molar-refractivity contribution in [3.8, 4) is 0 Å². The lowest BCUT2D eigenvalue weighted by molar-refractivity contribution is -0.135. The first kappa shape index (κ1) is 34.9. The van der Waals surface area contributed by atoms with E-state index in [1.807, 2.05) is 14.0 Å². The molecule has 3 amide bonds. The number of ketones is 1. The molecule has 5 rings (SSSR count). The van der Waals surface area contributed by atoms with Gasteiger partial charge >= 0.3 is 0 Å². The fourth-order valence-corrected chi connectivity index (χ4v) is 6.85. The minimum atomic E-state index is -0.971. The number of hydrogen-bond donors (Lipinski definition) is 2. The van der Waals surface area contributed by atoms with Gasteiger partial charge < -0.3 is 20.4 Å². The van der Waals surface area contributed by atoms with E-state index in [9.17, 15) is 19.2 Å². The van der Waals surface area contributed by atoms with Crippen molar-refractivity contribution in [1.82, 2.24) is 34.7 Å². The Morgan fingerprint density at radius 3 is 2.38 bits per heavy atom. The van der Waals surface area contributed by atoms with E-state index < -0.39 is 29.6 Å². The number of aromatic nitrogens is 4. The van der Waals surface area contributed by atoms with Crippen molar-refractivity contribution in [2.24, 2.45) is 18.9 Å². The molecule has 0 spiro atoms. The molecule has 1 aliphatic carbocycles. The summed E-state index contributed by atoms with van der Waals surface area (Å²) in [5, 5.41) is 14.0. The maximum Gasteiger partial charge on any atom is 0.272 e. The Hall–Kier alpha value is -4.39. The molecule has 2 aliphatic rings. The lowest BCUT2D eigenvalue weighted by Gasteiger charge is -2.36. The number of halogens is 1. The SMILES string of the molecule is CCn1nccc1C(=O)C[C@H](C(=O)Nc1ccc([C@H](C)[C@@H](NC(=O)c2ccn(C)n2)C(=O)N2CCN(C)CC2)cc1F)C1CCCCC1. The fourth-order valence-electron chi connectivity index (χ4n) is 6.85. The van der Waals surface area contributed by atoms with Crippen molar-refractivity contribution in [2.75, 3.05) is 38.5 Å². The second-order valence-electron chi connectivity index (χ2n) is 13.1. The number of carbonyl (C=O) groups is 4. The van der Waals surface area contributed by atoms with Gasteiger partial charge in [-0.05, 0) is 62.6 Å². The van der Waals surface area contributed by atoms with Crippen LogP contribution in [-0.2, 0) is 23.2 Å². The van der Waals surface area contributed by atoms with E-state index in [2.05, 4.69) is 25.7 Å². The molecule has 3 heterocycles. The molecule has 1 saturated heterocycles. The number of Topliss-reactive ketones (excluding diaryl/α,β-unsaturated/α-hetero) is 1. The summed E-state index contributed by atoms with van der Waals surface area (Å²) in [6, 6.07) is 6.73. The molecule has 12 nitrogen and oxygen atoms in total. The normalized spacial score (nSPS) is 17.8. The Labute approximate surface area is 281 Å². The Morgan fingerprint density at radius 1 is 1.00 bits per heavy atom. The van der Waals surface area contributed by atoms with Crippen molar-refractivity contribution in [3.63, 3.8) is 0 Å². The van der Waals surface area contributed by atoms with E-state index in [-0.39, 0.29) is 41.3 Å². The van der Waals surface area contributed by atoms with E-state index in [1.54, 1.807) is 54.1 Å². The third-order valence-electron chi connectivity index (χ3n) is 9.85. The molecular weight excluding hydrogens is 615 g/mol. The summed E-state index contributed by atoms with van der Waals surface area (Å²) in [5.74, 6) is -3.13. The van der Waals surface area contributed by atoms with Crippen molar-refractivity contribution in [1.29, 1.82) is 0 Å². The summed E-state index contributed by atoms with van der Waals surface area (Å²) in [4.78, 5) is 57.9. The van der Waals surface area contributed by atoms with Gasteiger partial charge in [-0.1, -0.05) is 32.3 Å². The summed E-state index contributed by atoms with van der Waals surface area (Å²) in [5.41, 5.74) is 1.13. The van der Waals surface area contributed by atoms with Gasteiger partial charge in [-0.15, -0.1) is 0 Å². The van der Waals surface area contributed by atoms with Crippen LogP contribution in [0.5, 0.6) is 0 Å². The molecule has 48 heavy (non-hydrogen) atoms. The number of nitrogens with one attached hydrogen (secondary N) is 2. The summed E-state index contributed by atoms with van der Waals surface area (Å²) in [7, 11) is 3.69. The van der Waals surface area contributed by atoms with Crippen LogP contribution in [0.15, 0.2) is 42.7 Å². The van der Waals surface area contributed by atoms with Gasteiger partial charge in [0.1, 0.15) is 23.2 Å². The predicted octanol–water partition coefficient (Wildman–Crippen LogP) is 3.86. The molecule has 1 aromatic carbocycles. The minimum Gasteiger partial charge on any atom is -0.338 e. The molecule has 0 radical (unpaired) electrons. The molecule has 2 aromatic heterocycles. The van der Waals surface area contributed by atoms with Gasteiger partial charge in [-0.3, -0.25) is 28.5 Å². The molecular formula is C35H47FN8O4. The fraction of sp³-hybridized carbons (Fsp3) is 0.543. The number of nitrogens with zero attached hydrogens (tertiary/aromatic N) is 6. The monoisotopic (exact) mass is 662 g/mol. The lowest BCUT2D eigenvalue weighted by Crippen LogP contribution is -2.55. The van der Waals surface area contributed by atoms with E-state index in [1.165, 1.54) is 16.8 Å². The van der Waals surface area contributed by atoms with Crippen LogP contribution in [0.25, 0.3) is 0 Å². The summed E-state index contributed by atoms with van der Waals surface area (Å²) in [6.07, 6.45) is 7.99. The van der Waals surface area contributed by atoms with Crippen LogP contribution in [-0.4, -0.2) is 92.1 Å². The number of benzene rings is 1. The number of piperazine rings is 1.